The van der Waals surface area contributed by atoms with Crippen molar-refractivity contribution in [3.8, 4) is 0 Å². The van der Waals surface area contributed by atoms with E-state index in [-0.39, 0.29) is 16.6 Å². The summed E-state index contributed by atoms with van der Waals surface area (Å²) in [6, 6.07) is -0.647. The fourth-order valence-electron chi connectivity index (χ4n) is 1.75. The zero-order valence-corrected chi connectivity index (χ0v) is 10.2. The van der Waals surface area contributed by atoms with E-state index in [0.29, 0.717) is 4.91 Å². The van der Waals surface area contributed by atoms with Gasteiger partial charge in [-0.3, -0.25) is 14.6 Å². The summed E-state index contributed by atoms with van der Waals surface area (Å²) in [6.07, 6.45) is 4.95. The second kappa shape index (κ2) is 4.55. The molecule has 3 nitrogen and oxygen atoms in total. The van der Waals surface area contributed by atoms with Crippen molar-refractivity contribution in [2.75, 3.05) is 5.75 Å². The molecule has 2 atom stereocenters. The van der Waals surface area contributed by atoms with E-state index in [1.807, 2.05) is 6.92 Å². The Morgan fingerprint density at radius 1 is 1.44 bits per heavy atom. The summed E-state index contributed by atoms with van der Waals surface area (Å²) < 4.78 is 0. The van der Waals surface area contributed by atoms with Crippen LogP contribution in [0.2, 0.25) is 0 Å². The molecule has 16 heavy (non-hydrogen) atoms. The first-order chi connectivity index (χ1) is 7.66. The maximum atomic E-state index is 12.1. The number of nitrogens with zero attached hydrogens (tertiary/aromatic N) is 1. The van der Waals surface area contributed by atoms with Crippen LogP contribution in [0.3, 0.4) is 0 Å². The van der Waals surface area contributed by atoms with E-state index in [1.54, 1.807) is 12.2 Å². The van der Waals surface area contributed by atoms with Crippen molar-refractivity contribution in [3.63, 3.8) is 0 Å². The summed E-state index contributed by atoms with van der Waals surface area (Å²) in [6.45, 7) is 1.92. The normalized spacial score (nSPS) is 28.6. The van der Waals surface area contributed by atoms with Crippen LogP contribution >= 0.6 is 23.4 Å². The molecule has 0 aromatic heterocycles. The van der Waals surface area contributed by atoms with Gasteiger partial charge in [0.1, 0.15) is 11.1 Å². The lowest BCUT2D eigenvalue weighted by Crippen LogP contribution is -2.39. The molecule has 2 unspecified atom stereocenters. The lowest BCUT2D eigenvalue weighted by atomic mass is 9.85. The molecule has 0 saturated heterocycles. The first-order valence-electron chi connectivity index (χ1n) is 4.97. The van der Waals surface area contributed by atoms with Crippen LogP contribution in [0, 0.1) is 5.92 Å². The van der Waals surface area contributed by atoms with E-state index >= 15 is 0 Å². The Labute approximate surface area is 103 Å². The number of aliphatic imine (C=N–C) groups is 1. The van der Waals surface area contributed by atoms with Crippen LogP contribution in [-0.4, -0.2) is 29.6 Å². The van der Waals surface area contributed by atoms with Crippen molar-refractivity contribution in [2.24, 2.45) is 10.9 Å². The molecular formula is C11H10ClNO2S. The number of ketones is 2. The average molecular weight is 256 g/mol. The lowest BCUT2D eigenvalue weighted by molar-refractivity contribution is -0.125. The molecule has 2 aliphatic rings. The van der Waals surface area contributed by atoms with Gasteiger partial charge in [0.15, 0.2) is 5.78 Å². The molecule has 1 aliphatic carbocycles. The van der Waals surface area contributed by atoms with E-state index < -0.39 is 12.0 Å². The summed E-state index contributed by atoms with van der Waals surface area (Å²) in [4.78, 5) is 28.4. The van der Waals surface area contributed by atoms with E-state index in [9.17, 15) is 9.59 Å². The molecular weight excluding hydrogens is 246 g/mol. The highest BCUT2D eigenvalue weighted by atomic mass is 35.5. The van der Waals surface area contributed by atoms with Crippen molar-refractivity contribution in [3.05, 3.63) is 22.1 Å². The molecule has 0 saturated carbocycles. The quantitative estimate of drug-likeness (QED) is 0.758. The molecule has 0 amide bonds. The van der Waals surface area contributed by atoms with E-state index in [0.717, 1.165) is 5.75 Å². The summed E-state index contributed by atoms with van der Waals surface area (Å²) in [5, 5.41) is 0.0468. The van der Waals surface area contributed by atoms with Crippen LogP contribution in [0.15, 0.2) is 27.1 Å². The van der Waals surface area contributed by atoms with E-state index in [1.165, 1.54) is 18.0 Å². The zero-order chi connectivity index (χ0) is 11.7. The minimum absolute atomic E-state index is 0.0468. The molecule has 0 aromatic rings. The minimum atomic E-state index is -0.647. The Kier molecular flexibility index (Phi) is 3.30. The number of carbonyl (C=O) groups excluding carboxylic acids is 2. The predicted molar refractivity (Wildman–Crippen MR) is 65.9 cm³/mol. The van der Waals surface area contributed by atoms with Crippen molar-refractivity contribution >= 4 is 41.1 Å². The van der Waals surface area contributed by atoms with Gasteiger partial charge in [0.25, 0.3) is 0 Å². The number of hydrogen-bond donors (Lipinski definition) is 0. The van der Waals surface area contributed by atoms with Gasteiger partial charge in [0.05, 0.1) is 10.8 Å². The van der Waals surface area contributed by atoms with Gasteiger partial charge in [-0.1, -0.05) is 24.6 Å². The average Bonchev–Trinajstić information content (AvgIpc) is 2.32. The summed E-state index contributed by atoms with van der Waals surface area (Å²) >= 11 is 7.24. The summed E-state index contributed by atoms with van der Waals surface area (Å²) in [5.41, 5.74) is 0. The highest BCUT2D eigenvalue weighted by molar-refractivity contribution is 8.04. The van der Waals surface area contributed by atoms with E-state index in [2.05, 4.69) is 4.99 Å². The third-order valence-corrected chi connectivity index (χ3v) is 3.96. The van der Waals surface area contributed by atoms with Crippen LogP contribution in [-0.2, 0) is 9.59 Å². The maximum absolute atomic E-state index is 12.1. The number of allylic oxidation sites excluding steroid dienone is 2. The van der Waals surface area contributed by atoms with Crippen molar-refractivity contribution in [1.82, 2.24) is 0 Å². The number of Topliss-reactive ketones (excluding diaryl/α,β-unsaturated/α-hetero) is 2. The molecule has 0 fully saturated rings. The molecule has 84 valence electrons. The molecule has 2 rings (SSSR count). The zero-order valence-electron chi connectivity index (χ0n) is 8.64. The van der Waals surface area contributed by atoms with Gasteiger partial charge in [-0.2, -0.15) is 0 Å². The Balaban J connectivity index is 2.44. The van der Waals surface area contributed by atoms with Gasteiger partial charge in [0, 0.05) is 6.21 Å². The van der Waals surface area contributed by atoms with Gasteiger partial charge in [-0.25, -0.2) is 0 Å². The van der Waals surface area contributed by atoms with Crippen LogP contribution in [0.1, 0.15) is 6.92 Å². The third-order valence-electron chi connectivity index (χ3n) is 2.49. The summed E-state index contributed by atoms with van der Waals surface area (Å²) in [5.74, 6) is -0.0824. The molecule has 1 heterocycles. The molecule has 0 aromatic carbocycles. The van der Waals surface area contributed by atoms with Crippen LogP contribution < -0.4 is 0 Å². The molecule has 5 heteroatoms. The van der Waals surface area contributed by atoms with Crippen molar-refractivity contribution < 1.29 is 9.59 Å². The standard InChI is InChI=1S/C11H10ClNO2S/c1-2-16-11-7(12)10(15)8-6(9(11)14)4-3-5-13-8/h3-6,8H,2H2,1H3. The fraction of sp³-hybridized carbons (Fsp3) is 0.364. The lowest BCUT2D eigenvalue weighted by Gasteiger charge is -2.26. The van der Waals surface area contributed by atoms with Gasteiger partial charge < -0.3 is 0 Å². The van der Waals surface area contributed by atoms with Crippen LogP contribution in [0.4, 0.5) is 0 Å². The van der Waals surface area contributed by atoms with Gasteiger partial charge in [-0.15, -0.1) is 11.8 Å². The Morgan fingerprint density at radius 2 is 2.19 bits per heavy atom. The largest absolute Gasteiger partial charge is 0.293 e. The van der Waals surface area contributed by atoms with Crippen molar-refractivity contribution in [1.29, 1.82) is 0 Å². The Hall–Kier alpha value is -0.870. The smallest absolute Gasteiger partial charge is 0.200 e. The molecule has 1 aliphatic heterocycles. The monoisotopic (exact) mass is 255 g/mol. The predicted octanol–water partition coefficient (Wildman–Crippen LogP) is 1.97. The highest BCUT2D eigenvalue weighted by Crippen LogP contribution is 2.36. The molecule has 0 radical (unpaired) electrons. The maximum Gasteiger partial charge on any atom is 0.200 e. The first kappa shape index (κ1) is 11.6. The number of halogens is 1. The third kappa shape index (κ3) is 1.76. The van der Waals surface area contributed by atoms with Gasteiger partial charge in [0.2, 0.25) is 5.78 Å². The fourth-order valence-corrected chi connectivity index (χ4v) is 2.91. The number of dihydropyridines is 1. The van der Waals surface area contributed by atoms with Crippen molar-refractivity contribution in [2.45, 2.75) is 13.0 Å². The Morgan fingerprint density at radius 3 is 2.88 bits per heavy atom. The van der Waals surface area contributed by atoms with Gasteiger partial charge in [-0.05, 0) is 11.8 Å². The molecule has 0 spiro atoms. The highest BCUT2D eigenvalue weighted by Gasteiger charge is 2.41. The first-order valence-corrected chi connectivity index (χ1v) is 6.34. The number of hydrogen-bond acceptors (Lipinski definition) is 4. The topological polar surface area (TPSA) is 46.5 Å². The molecule has 0 N–H and O–H groups in total. The van der Waals surface area contributed by atoms with Crippen LogP contribution in [0.5, 0.6) is 0 Å². The molecule has 0 bridgehead atoms. The minimum Gasteiger partial charge on any atom is -0.293 e. The second-order valence-electron chi connectivity index (χ2n) is 3.46. The number of fused-ring (bicyclic) bond motifs is 1. The number of thioether (sulfide) groups is 1. The number of carbonyl (C=O) groups is 2. The number of rotatable bonds is 2. The van der Waals surface area contributed by atoms with Crippen LogP contribution in [0.25, 0.3) is 0 Å². The Bertz CT molecular complexity index is 439. The second-order valence-corrected chi connectivity index (χ2v) is 5.11. The summed E-state index contributed by atoms with van der Waals surface area (Å²) in [7, 11) is 0. The SMILES string of the molecule is CCSC1=C(Cl)C(=O)C2N=CC=CC2C1=O. The van der Waals surface area contributed by atoms with Gasteiger partial charge >= 0.3 is 0 Å². The van der Waals surface area contributed by atoms with E-state index in [4.69, 9.17) is 11.6 Å².